The van der Waals surface area contributed by atoms with E-state index in [0.717, 1.165) is 30.6 Å². The Balaban J connectivity index is 1.88. The highest BCUT2D eigenvalue weighted by atomic mass is 32.1. The van der Waals surface area contributed by atoms with Gasteiger partial charge >= 0.3 is 0 Å². The van der Waals surface area contributed by atoms with Gasteiger partial charge in [0.15, 0.2) is 0 Å². The first-order valence-corrected chi connectivity index (χ1v) is 7.45. The lowest BCUT2D eigenvalue weighted by Crippen LogP contribution is -2.35. The summed E-state index contributed by atoms with van der Waals surface area (Å²) in [6.07, 6.45) is 0.990. The number of fused-ring (bicyclic) bond motifs is 1. The Morgan fingerprint density at radius 1 is 1.26 bits per heavy atom. The molecular formula is C16H17NOS. The molecule has 1 aliphatic rings. The van der Waals surface area contributed by atoms with Gasteiger partial charge in [0, 0.05) is 23.5 Å². The summed E-state index contributed by atoms with van der Waals surface area (Å²) >= 11 is 1.80. The SMILES string of the molecule is Cc1cccc(C(=O)N2CCc3sccc3C2)c1C. The number of benzene rings is 1. The zero-order valence-electron chi connectivity index (χ0n) is 11.3. The molecule has 1 amide bonds. The average Bonchev–Trinajstić information content (AvgIpc) is 2.88. The Bertz CT molecular complexity index is 629. The minimum absolute atomic E-state index is 0.165. The summed E-state index contributed by atoms with van der Waals surface area (Å²) < 4.78 is 0. The maximum atomic E-state index is 12.6. The third-order valence-corrected chi connectivity index (χ3v) is 4.95. The van der Waals surface area contributed by atoms with Crippen LogP contribution in [0.2, 0.25) is 0 Å². The number of thiophene rings is 1. The molecular weight excluding hydrogens is 254 g/mol. The first-order valence-electron chi connectivity index (χ1n) is 6.57. The summed E-state index contributed by atoms with van der Waals surface area (Å²) in [5.41, 5.74) is 4.44. The van der Waals surface area contributed by atoms with E-state index in [1.165, 1.54) is 16.0 Å². The molecule has 0 aliphatic carbocycles. The fourth-order valence-electron chi connectivity index (χ4n) is 2.57. The summed E-state index contributed by atoms with van der Waals surface area (Å²) in [6.45, 7) is 5.67. The largest absolute Gasteiger partial charge is 0.334 e. The summed E-state index contributed by atoms with van der Waals surface area (Å²) in [5.74, 6) is 0.165. The molecule has 0 N–H and O–H groups in total. The van der Waals surface area contributed by atoms with Gasteiger partial charge in [0.1, 0.15) is 0 Å². The monoisotopic (exact) mass is 271 g/mol. The molecule has 98 valence electrons. The van der Waals surface area contributed by atoms with Gasteiger partial charge in [0.05, 0.1) is 0 Å². The van der Waals surface area contributed by atoms with Crippen molar-refractivity contribution < 1.29 is 4.79 Å². The van der Waals surface area contributed by atoms with Crippen molar-refractivity contribution in [3.63, 3.8) is 0 Å². The van der Waals surface area contributed by atoms with Gasteiger partial charge < -0.3 is 4.90 Å². The van der Waals surface area contributed by atoms with Gasteiger partial charge in [-0.15, -0.1) is 11.3 Å². The molecule has 0 fully saturated rings. The van der Waals surface area contributed by atoms with E-state index in [2.05, 4.69) is 24.4 Å². The molecule has 3 heteroatoms. The molecule has 19 heavy (non-hydrogen) atoms. The van der Waals surface area contributed by atoms with Crippen LogP contribution in [-0.2, 0) is 13.0 Å². The fraction of sp³-hybridized carbons (Fsp3) is 0.312. The maximum Gasteiger partial charge on any atom is 0.254 e. The molecule has 1 aliphatic heterocycles. The molecule has 0 unspecified atom stereocenters. The predicted molar refractivity (Wildman–Crippen MR) is 78.7 cm³/mol. The van der Waals surface area contributed by atoms with Crippen molar-refractivity contribution in [2.24, 2.45) is 0 Å². The van der Waals surface area contributed by atoms with E-state index in [0.29, 0.717) is 0 Å². The molecule has 2 nitrogen and oxygen atoms in total. The van der Waals surface area contributed by atoms with Crippen LogP contribution in [0, 0.1) is 13.8 Å². The number of rotatable bonds is 1. The molecule has 0 saturated heterocycles. The van der Waals surface area contributed by atoms with Crippen molar-refractivity contribution in [1.82, 2.24) is 4.90 Å². The summed E-state index contributed by atoms with van der Waals surface area (Å²) in [4.78, 5) is 16.0. The smallest absolute Gasteiger partial charge is 0.254 e. The average molecular weight is 271 g/mol. The lowest BCUT2D eigenvalue weighted by Gasteiger charge is -2.27. The van der Waals surface area contributed by atoms with Crippen molar-refractivity contribution in [2.45, 2.75) is 26.8 Å². The number of nitrogens with zero attached hydrogens (tertiary/aromatic N) is 1. The Labute approximate surface area is 117 Å². The number of hydrogen-bond acceptors (Lipinski definition) is 2. The van der Waals surface area contributed by atoms with E-state index < -0.39 is 0 Å². The second-order valence-electron chi connectivity index (χ2n) is 5.09. The highest BCUT2D eigenvalue weighted by Gasteiger charge is 2.23. The fourth-order valence-corrected chi connectivity index (χ4v) is 3.46. The molecule has 2 heterocycles. The summed E-state index contributed by atoms with van der Waals surface area (Å²) in [5, 5.41) is 2.12. The van der Waals surface area contributed by atoms with Gasteiger partial charge in [-0.3, -0.25) is 4.79 Å². The van der Waals surface area contributed by atoms with Crippen LogP contribution in [0.1, 0.15) is 31.9 Å². The molecule has 1 aromatic heterocycles. The molecule has 0 saturated carbocycles. The summed E-state index contributed by atoms with van der Waals surface area (Å²) in [7, 11) is 0. The van der Waals surface area contributed by atoms with Crippen molar-refractivity contribution in [3.8, 4) is 0 Å². The van der Waals surface area contributed by atoms with Gasteiger partial charge in [0.2, 0.25) is 0 Å². The van der Waals surface area contributed by atoms with E-state index in [4.69, 9.17) is 0 Å². The molecule has 0 atom stereocenters. The van der Waals surface area contributed by atoms with Crippen LogP contribution >= 0.6 is 11.3 Å². The summed E-state index contributed by atoms with van der Waals surface area (Å²) in [6, 6.07) is 8.10. The third-order valence-electron chi connectivity index (χ3n) is 3.93. The molecule has 0 bridgehead atoms. The zero-order chi connectivity index (χ0) is 13.4. The maximum absolute atomic E-state index is 12.6. The molecule has 3 rings (SSSR count). The lowest BCUT2D eigenvalue weighted by molar-refractivity contribution is 0.0735. The van der Waals surface area contributed by atoms with E-state index in [9.17, 15) is 4.79 Å². The van der Waals surface area contributed by atoms with Crippen LogP contribution in [0.25, 0.3) is 0 Å². The quantitative estimate of drug-likeness (QED) is 0.776. The Morgan fingerprint density at radius 2 is 2.11 bits per heavy atom. The van der Waals surface area contributed by atoms with E-state index >= 15 is 0 Å². The first kappa shape index (κ1) is 12.4. The number of carbonyl (C=O) groups is 1. The van der Waals surface area contributed by atoms with Gasteiger partial charge in [-0.1, -0.05) is 12.1 Å². The minimum atomic E-state index is 0.165. The van der Waals surface area contributed by atoms with Crippen LogP contribution in [-0.4, -0.2) is 17.4 Å². The number of hydrogen-bond donors (Lipinski definition) is 0. The van der Waals surface area contributed by atoms with Crippen LogP contribution in [0.4, 0.5) is 0 Å². The van der Waals surface area contributed by atoms with Crippen molar-refractivity contribution in [2.75, 3.05) is 6.54 Å². The number of amides is 1. The molecule has 0 radical (unpaired) electrons. The van der Waals surface area contributed by atoms with Gasteiger partial charge in [-0.05, 0) is 54.5 Å². The highest BCUT2D eigenvalue weighted by molar-refractivity contribution is 7.10. The van der Waals surface area contributed by atoms with Crippen LogP contribution in [0.15, 0.2) is 29.6 Å². The Morgan fingerprint density at radius 3 is 2.95 bits per heavy atom. The number of aryl methyl sites for hydroxylation is 1. The third kappa shape index (κ3) is 2.19. The number of carbonyl (C=O) groups excluding carboxylic acids is 1. The topological polar surface area (TPSA) is 20.3 Å². The van der Waals surface area contributed by atoms with E-state index in [-0.39, 0.29) is 5.91 Å². The van der Waals surface area contributed by atoms with Crippen molar-refractivity contribution in [3.05, 3.63) is 56.8 Å². The van der Waals surface area contributed by atoms with Gasteiger partial charge in [-0.2, -0.15) is 0 Å². The Hall–Kier alpha value is -1.61. The van der Waals surface area contributed by atoms with Crippen LogP contribution in [0.3, 0.4) is 0 Å². The normalized spacial score (nSPS) is 14.3. The van der Waals surface area contributed by atoms with Crippen molar-refractivity contribution >= 4 is 17.2 Å². The molecule has 2 aromatic rings. The first-order chi connectivity index (χ1) is 9.16. The second-order valence-corrected chi connectivity index (χ2v) is 6.09. The Kier molecular flexibility index (Phi) is 3.15. The van der Waals surface area contributed by atoms with Gasteiger partial charge in [-0.25, -0.2) is 0 Å². The molecule has 1 aromatic carbocycles. The van der Waals surface area contributed by atoms with Crippen LogP contribution < -0.4 is 0 Å². The van der Waals surface area contributed by atoms with Gasteiger partial charge in [0.25, 0.3) is 5.91 Å². The van der Waals surface area contributed by atoms with E-state index in [1.807, 2.05) is 24.0 Å². The van der Waals surface area contributed by atoms with Crippen LogP contribution in [0.5, 0.6) is 0 Å². The minimum Gasteiger partial charge on any atom is -0.334 e. The van der Waals surface area contributed by atoms with Crippen molar-refractivity contribution in [1.29, 1.82) is 0 Å². The second kappa shape index (κ2) is 4.82. The zero-order valence-corrected chi connectivity index (χ0v) is 12.1. The standard InChI is InChI=1S/C16H17NOS/c1-11-4-3-5-14(12(11)2)16(18)17-8-6-15-13(10-17)7-9-19-15/h3-5,7,9H,6,8,10H2,1-2H3. The highest BCUT2D eigenvalue weighted by Crippen LogP contribution is 2.25. The lowest BCUT2D eigenvalue weighted by atomic mass is 10.0. The van der Waals surface area contributed by atoms with E-state index in [1.54, 1.807) is 11.3 Å². The molecule has 0 spiro atoms. The predicted octanol–water partition coefficient (Wildman–Crippen LogP) is 3.56.